The van der Waals surface area contributed by atoms with Crippen molar-refractivity contribution in [1.29, 1.82) is 0 Å². The van der Waals surface area contributed by atoms with Crippen molar-refractivity contribution in [2.75, 3.05) is 20.2 Å². The number of hydrogen-bond donors (Lipinski definition) is 0. The lowest BCUT2D eigenvalue weighted by Crippen LogP contribution is -2.64. The standard InChI is InChI=1S/C20H23N3O4S/c1-27-19-18(15-7-11-21-12-8-15)23(20(19)24)16-9-13-22(14-10-16)28(25,26)17-5-3-2-4-6-17/h2-8,11-12,16,18-19H,9-10,13-14H2,1H3. The Bertz CT molecular complexity index is 928. The van der Waals surface area contributed by atoms with E-state index in [-0.39, 0.29) is 18.0 Å². The third-order valence-electron chi connectivity index (χ3n) is 5.58. The Labute approximate surface area is 165 Å². The van der Waals surface area contributed by atoms with E-state index in [0.717, 1.165) is 5.56 Å². The van der Waals surface area contributed by atoms with Crippen molar-refractivity contribution in [3.05, 3.63) is 60.4 Å². The fraction of sp³-hybridized carbons (Fsp3) is 0.400. The van der Waals surface area contributed by atoms with Crippen LogP contribution in [0.15, 0.2) is 59.8 Å². The molecule has 7 nitrogen and oxygen atoms in total. The van der Waals surface area contributed by atoms with Crippen molar-refractivity contribution in [2.45, 2.75) is 35.9 Å². The highest BCUT2D eigenvalue weighted by Crippen LogP contribution is 2.40. The average molecular weight is 401 g/mol. The molecule has 0 radical (unpaired) electrons. The van der Waals surface area contributed by atoms with Crippen LogP contribution in [0.4, 0.5) is 0 Å². The van der Waals surface area contributed by atoms with E-state index < -0.39 is 16.1 Å². The van der Waals surface area contributed by atoms with E-state index in [2.05, 4.69) is 4.98 Å². The molecule has 8 heteroatoms. The SMILES string of the molecule is COC1C(=O)N(C2CCN(S(=O)(=O)c3ccccc3)CC2)C1c1ccncc1. The van der Waals surface area contributed by atoms with Gasteiger partial charge in [-0.2, -0.15) is 4.31 Å². The summed E-state index contributed by atoms with van der Waals surface area (Å²) in [6.07, 6.45) is 4.13. The summed E-state index contributed by atoms with van der Waals surface area (Å²) in [6, 6.07) is 12.1. The van der Waals surface area contributed by atoms with E-state index in [1.54, 1.807) is 49.8 Å². The molecular weight excluding hydrogens is 378 g/mol. The molecule has 0 saturated carbocycles. The highest BCUT2D eigenvalue weighted by atomic mass is 32.2. The molecule has 2 aliphatic heterocycles. The van der Waals surface area contributed by atoms with E-state index in [9.17, 15) is 13.2 Å². The number of piperidine rings is 1. The van der Waals surface area contributed by atoms with Gasteiger partial charge in [0.2, 0.25) is 10.0 Å². The first kappa shape index (κ1) is 19.0. The Balaban J connectivity index is 1.48. The van der Waals surface area contributed by atoms with Gasteiger partial charge < -0.3 is 9.64 Å². The van der Waals surface area contributed by atoms with Gasteiger partial charge in [-0.3, -0.25) is 9.78 Å². The van der Waals surface area contributed by atoms with Crippen LogP contribution in [0.5, 0.6) is 0 Å². The number of aromatic nitrogens is 1. The van der Waals surface area contributed by atoms with Crippen LogP contribution in [0.3, 0.4) is 0 Å². The maximum Gasteiger partial charge on any atom is 0.255 e. The van der Waals surface area contributed by atoms with Gasteiger partial charge in [-0.25, -0.2) is 8.42 Å². The molecule has 0 spiro atoms. The Kier molecular flexibility index (Phi) is 5.18. The number of carbonyl (C=O) groups excluding carboxylic acids is 1. The molecule has 4 rings (SSSR count). The summed E-state index contributed by atoms with van der Waals surface area (Å²) in [5.41, 5.74) is 0.987. The lowest BCUT2D eigenvalue weighted by molar-refractivity contribution is -0.178. The van der Waals surface area contributed by atoms with Crippen LogP contribution in [0.25, 0.3) is 0 Å². The van der Waals surface area contributed by atoms with Gasteiger partial charge in [-0.1, -0.05) is 18.2 Å². The molecule has 0 N–H and O–H groups in total. The number of ether oxygens (including phenoxy) is 1. The maximum absolute atomic E-state index is 12.8. The predicted molar refractivity (Wildman–Crippen MR) is 103 cm³/mol. The molecule has 2 atom stereocenters. The van der Waals surface area contributed by atoms with E-state index in [0.29, 0.717) is 30.8 Å². The van der Waals surface area contributed by atoms with Crippen molar-refractivity contribution in [1.82, 2.24) is 14.2 Å². The number of rotatable bonds is 5. The molecule has 1 aromatic carbocycles. The first-order chi connectivity index (χ1) is 13.5. The molecule has 2 aromatic rings. The van der Waals surface area contributed by atoms with Crippen molar-refractivity contribution < 1.29 is 17.9 Å². The molecule has 0 aliphatic carbocycles. The Morgan fingerprint density at radius 2 is 1.68 bits per heavy atom. The van der Waals surface area contributed by atoms with Gasteiger partial charge in [0.25, 0.3) is 5.91 Å². The van der Waals surface area contributed by atoms with Crippen LogP contribution >= 0.6 is 0 Å². The highest BCUT2D eigenvalue weighted by molar-refractivity contribution is 7.89. The average Bonchev–Trinajstić information content (AvgIpc) is 2.74. The number of amides is 1. The first-order valence-electron chi connectivity index (χ1n) is 9.34. The monoisotopic (exact) mass is 401 g/mol. The lowest BCUT2D eigenvalue weighted by Gasteiger charge is -2.52. The Morgan fingerprint density at radius 1 is 1.04 bits per heavy atom. The quantitative estimate of drug-likeness (QED) is 0.714. The maximum atomic E-state index is 12.8. The van der Waals surface area contributed by atoms with Crippen LogP contribution in [-0.2, 0) is 19.6 Å². The molecule has 2 aliphatic rings. The zero-order chi connectivity index (χ0) is 19.7. The molecule has 1 amide bonds. The molecule has 2 fully saturated rings. The number of methoxy groups -OCH3 is 1. The highest BCUT2D eigenvalue weighted by Gasteiger charge is 2.52. The van der Waals surface area contributed by atoms with Crippen LogP contribution in [-0.4, -0.2) is 60.9 Å². The summed E-state index contributed by atoms with van der Waals surface area (Å²) in [7, 11) is -1.95. The Morgan fingerprint density at radius 3 is 2.29 bits per heavy atom. The molecule has 2 unspecified atom stereocenters. The van der Waals surface area contributed by atoms with Crippen molar-refractivity contribution in [3.8, 4) is 0 Å². The van der Waals surface area contributed by atoms with Gasteiger partial charge in [0.15, 0.2) is 6.10 Å². The van der Waals surface area contributed by atoms with Gasteiger partial charge in [0.1, 0.15) is 0 Å². The normalized spacial score (nSPS) is 24.2. The van der Waals surface area contributed by atoms with Crippen LogP contribution < -0.4 is 0 Å². The van der Waals surface area contributed by atoms with Crippen LogP contribution in [0, 0.1) is 0 Å². The minimum atomic E-state index is -3.50. The summed E-state index contributed by atoms with van der Waals surface area (Å²) in [6.45, 7) is 0.790. The van der Waals surface area contributed by atoms with E-state index in [1.807, 2.05) is 17.0 Å². The fourth-order valence-electron chi connectivity index (χ4n) is 4.12. The van der Waals surface area contributed by atoms with E-state index in [4.69, 9.17) is 4.74 Å². The zero-order valence-electron chi connectivity index (χ0n) is 15.6. The number of nitrogens with zero attached hydrogens (tertiary/aromatic N) is 3. The third kappa shape index (κ3) is 3.21. The van der Waals surface area contributed by atoms with Crippen LogP contribution in [0.1, 0.15) is 24.4 Å². The first-order valence-corrected chi connectivity index (χ1v) is 10.8. The molecule has 0 bridgehead atoms. The van der Waals surface area contributed by atoms with Gasteiger partial charge in [0, 0.05) is 38.6 Å². The molecule has 1 aromatic heterocycles. The molecule has 2 saturated heterocycles. The zero-order valence-corrected chi connectivity index (χ0v) is 16.5. The van der Waals surface area contributed by atoms with Crippen molar-refractivity contribution in [3.63, 3.8) is 0 Å². The summed E-state index contributed by atoms with van der Waals surface area (Å²) in [5, 5.41) is 0. The summed E-state index contributed by atoms with van der Waals surface area (Å²) >= 11 is 0. The second-order valence-electron chi connectivity index (χ2n) is 7.08. The van der Waals surface area contributed by atoms with E-state index >= 15 is 0 Å². The molecule has 3 heterocycles. The smallest absolute Gasteiger partial charge is 0.255 e. The Hall–Kier alpha value is -2.29. The number of hydrogen-bond acceptors (Lipinski definition) is 5. The minimum absolute atomic E-state index is 0.000659. The third-order valence-corrected chi connectivity index (χ3v) is 7.50. The predicted octanol–water partition coefficient (Wildman–Crippen LogP) is 1.83. The number of β-lactam (4-membered cyclic amide) rings is 1. The number of sulfonamides is 1. The number of benzene rings is 1. The minimum Gasteiger partial charge on any atom is -0.369 e. The number of likely N-dealkylation sites (tertiary alicyclic amines) is 1. The topological polar surface area (TPSA) is 79.8 Å². The van der Waals surface area contributed by atoms with Crippen LogP contribution in [0.2, 0.25) is 0 Å². The lowest BCUT2D eigenvalue weighted by atomic mass is 9.87. The van der Waals surface area contributed by atoms with Crippen molar-refractivity contribution in [2.24, 2.45) is 0 Å². The second-order valence-corrected chi connectivity index (χ2v) is 9.01. The largest absolute Gasteiger partial charge is 0.369 e. The van der Waals surface area contributed by atoms with E-state index in [1.165, 1.54) is 4.31 Å². The number of carbonyl (C=O) groups is 1. The summed E-state index contributed by atoms with van der Waals surface area (Å²) in [5.74, 6) is -0.0336. The summed E-state index contributed by atoms with van der Waals surface area (Å²) in [4.78, 5) is 18.8. The second kappa shape index (κ2) is 7.62. The molecule has 28 heavy (non-hydrogen) atoms. The fourth-order valence-corrected chi connectivity index (χ4v) is 5.61. The number of pyridine rings is 1. The molecular formula is C20H23N3O4S. The van der Waals surface area contributed by atoms with Gasteiger partial charge in [-0.05, 0) is 42.7 Å². The summed E-state index contributed by atoms with van der Waals surface area (Å²) < 4.78 is 32.5. The van der Waals surface area contributed by atoms with Gasteiger partial charge >= 0.3 is 0 Å². The van der Waals surface area contributed by atoms with Gasteiger partial charge in [0.05, 0.1) is 10.9 Å². The van der Waals surface area contributed by atoms with Crippen molar-refractivity contribution >= 4 is 15.9 Å². The van der Waals surface area contributed by atoms with Gasteiger partial charge in [-0.15, -0.1) is 0 Å². The molecule has 148 valence electrons.